The van der Waals surface area contributed by atoms with Gasteiger partial charge in [0.15, 0.2) is 0 Å². The second kappa shape index (κ2) is 8.34. The normalized spacial score (nSPS) is 20.1. The molecule has 0 aliphatic carbocycles. The Morgan fingerprint density at radius 1 is 0.970 bits per heavy atom. The van der Waals surface area contributed by atoms with Gasteiger partial charge in [0, 0.05) is 23.4 Å². The highest BCUT2D eigenvalue weighted by molar-refractivity contribution is 8.01. The van der Waals surface area contributed by atoms with Gasteiger partial charge in [-0.25, -0.2) is 4.39 Å². The van der Waals surface area contributed by atoms with Crippen LogP contribution in [0.3, 0.4) is 0 Å². The number of rotatable bonds is 4. The molecule has 0 bridgehead atoms. The van der Waals surface area contributed by atoms with Crippen LogP contribution in [0.15, 0.2) is 72.8 Å². The molecule has 5 rings (SSSR count). The highest BCUT2D eigenvalue weighted by Gasteiger charge is 2.58. The molecule has 3 aromatic carbocycles. The molecule has 6 heteroatoms. The highest BCUT2D eigenvalue weighted by Crippen LogP contribution is 2.54. The first-order chi connectivity index (χ1) is 15.9. The van der Waals surface area contributed by atoms with Gasteiger partial charge in [-0.3, -0.25) is 14.5 Å². The SMILES string of the molecule is CC(C)c1ccc(N2C(=O)CCS[C@@]23C(=O)N(Cc2ccc(F)cc2)c2ccccc23)cc1. The van der Waals surface area contributed by atoms with Crippen molar-refractivity contribution in [3.8, 4) is 0 Å². The third-order valence-electron chi connectivity index (χ3n) is 6.36. The summed E-state index contributed by atoms with van der Waals surface area (Å²) in [4.78, 5) is 29.8. The summed E-state index contributed by atoms with van der Waals surface area (Å²) in [6.07, 6.45) is 0.381. The highest BCUT2D eigenvalue weighted by atomic mass is 32.2. The van der Waals surface area contributed by atoms with E-state index in [1.807, 2.05) is 48.5 Å². The van der Waals surface area contributed by atoms with Crippen LogP contribution in [0.5, 0.6) is 0 Å². The molecule has 168 valence electrons. The van der Waals surface area contributed by atoms with Gasteiger partial charge >= 0.3 is 0 Å². The second-order valence-corrected chi connectivity index (χ2v) is 10.0. The predicted octanol–water partition coefficient (Wildman–Crippen LogP) is 5.82. The van der Waals surface area contributed by atoms with Crippen LogP contribution in [0.1, 0.15) is 42.9 Å². The van der Waals surface area contributed by atoms with Gasteiger partial charge < -0.3 is 4.90 Å². The number of nitrogens with zero attached hydrogens (tertiary/aromatic N) is 2. The Morgan fingerprint density at radius 2 is 1.67 bits per heavy atom. The van der Waals surface area contributed by atoms with Gasteiger partial charge in [-0.1, -0.05) is 56.3 Å². The van der Waals surface area contributed by atoms with E-state index < -0.39 is 4.87 Å². The molecule has 2 amide bonds. The van der Waals surface area contributed by atoms with E-state index in [0.29, 0.717) is 24.6 Å². The Kier molecular flexibility index (Phi) is 5.49. The minimum atomic E-state index is -1.15. The van der Waals surface area contributed by atoms with Crippen LogP contribution in [-0.2, 0) is 21.0 Å². The zero-order valence-corrected chi connectivity index (χ0v) is 19.4. The van der Waals surface area contributed by atoms with Crippen LogP contribution in [0.25, 0.3) is 0 Å². The van der Waals surface area contributed by atoms with Gasteiger partial charge in [0.2, 0.25) is 10.8 Å². The van der Waals surface area contributed by atoms with E-state index in [1.165, 1.54) is 29.5 Å². The lowest BCUT2D eigenvalue weighted by molar-refractivity contribution is -0.125. The third-order valence-corrected chi connectivity index (χ3v) is 7.76. The lowest BCUT2D eigenvalue weighted by atomic mass is 10.0. The molecular formula is C27H25FN2O2S. The van der Waals surface area contributed by atoms with Crippen molar-refractivity contribution in [2.45, 2.75) is 37.6 Å². The number of benzene rings is 3. The molecule has 3 aromatic rings. The van der Waals surface area contributed by atoms with Gasteiger partial charge in [0.05, 0.1) is 12.2 Å². The lowest BCUT2D eigenvalue weighted by Crippen LogP contribution is -2.56. The van der Waals surface area contributed by atoms with Crippen molar-refractivity contribution >= 4 is 35.0 Å². The molecule has 2 aliphatic heterocycles. The summed E-state index contributed by atoms with van der Waals surface area (Å²) in [5, 5.41) is 0. The molecule has 0 unspecified atom stereocenters. The van der Waals surface area contributed by atoms with E-state index in [4.69, 9.17) is 0 Å². The fourth-order valence-corrected chi connectivity index (χ4v) is 6.13. The standard InChI is InChI=1S/C27H25FN2O2S/c1-18(2)20-9-13-22(14-10-20)30-25(31)15-16-33-27(30)23-5-3-4-6-24(23)29(26(27)32)17-19-7-11-21(28)12-8-19/h3-14,18H,15-17H2,1-2H3/t27-/m0/s1. The van der Waals surface area contributed by atoms with Crippen LogP contribution in [0.2, 0.25) is 0 Å². The molecule has 0 radical (unpaired) electrons. The monoisotopic (exact) mass is 460 g/mol. The molecule has 1 atom stereocenters. The van der Waals surface area contributed by atoms with Gasteiger partial charge in [-0.15, -0.1) is 11.8 Å². The largest absolute Gasteiger partial charge is 0.304 e. The molecule has 0 aromatic heterocycles. The maximum Gasteiger partial charge on any atom is 0.269 e. The van der Waals surface area contributed by atoms with Crippen molar-refractivity contribution in [3.63, 3.8) is 0 Å². The van der Waals surface area contributed by atoms with Gasteiger partial charge in [0.25, 0.3) is 5.91 Å². The number of carbonyl (C=O) groups excluding carboxylic acids is 2. The van der Waals surface area contributed by atoms with Gasteiger partial charge in [-0.2, -0.15) is 0 Å². The summed E-state index contributed by atoms with van der Waals surface area (Å²) in [5.41, 5.74) is 4.35. The van der Waals surface area contributed by atoms with E-state index >= 15 is 0 Å². The van der Waals surface area contributed by atoms with Crippen molar-refractivity contribution in [3.05, 3.63) is 95.3 Å². The molecule has 33 heavy (non-hydrogen) atoms. The summed E-state index contributed by atoms with van der Waals surface area (Å²) in [7, 11) is 0. The first-order valence-electron chi connectivity index (χ1n) is 11.1. The first-order valence-corrected chi connectivity index (χ1v) is 12.1. The molecule has 1 fully saturated rings. The summed E-state index contributed by atoms with van der Waals surface area (Å²) in [6.45, 7) is 4.57. The maximum atomic E-state index is 14.2. The minimum Gasteiger partial charge on any atom is -0.304 e. The number of thioether (sulfide) groups is 1. The number of hydrogen-bond acceptors (Lipinski definition) is 3. The fraction of sp³-hybridized carbons (Fsp3) is 0.259. The summed E-state index contributed by atoms with van der Waals surface area (Å²) in [5.74, 6) is 0.438. The van der Waals surface area contributed by atoms with E-state index in [9.17, 15) is 14.0 Å². The number of anilines is 2. The fourth-order valence-electron chi connectivity index (χ4n) is 4.66. The topological polar surface area (TPSA) is 40.6 Å². The summed E-state index contributed by atoms with van der Waals surface area (Å²) in [6, 6.07) is 21.8. The number of para-hydroxylation sites is 1. The number of carbonyl (C=O) groups is 2. The average molecular weight is 461 g/mol. The predicted molar refractivity (Wildman–Crippen MR) is 131 cm³/mol. The van der Waals surface area contributed by atoms with Crippen LogP contribution in [0, 0.1) is 5.82 Å². The maximum absolute atomic E-state index is 14.2. The van der Waals surface area contributed by atoms with Crippen LogP contribution in [0.4, 0.5) is 15.8 Å². The molecule has 2 aliphatic rings. The average Bonchev–Trinajstić information content (AvgIpc) is 3.04. The summed E-state index contributed by atoms with van der Waals surface area (Å²) >= 11 is 1.51. The smallest absolute Gasteiger partial charge is 0.269 e. The number of fused-ring (bicyclic) bond motifs is 2. The summed E-state index contributed by atoms with van der Waals surface area (Å²) < 4.78 is 13.4. The molecule has 0 saturated carbocycles. The molecule has 2 heterocycles. The number of hydrogen-bond donors (Lipinski definition) is 0. The van der Waals surface area contributed by atoms with Crippen molar-refractivity contribution in [1.82, 2.24) is 0 Å². The number of halogens is 1. The molecule has 0 N–H and O–H groups in total. The quantitative estimate of drug-likeness (QED) is 0.493. The van der Waals surface area contributed by atoms with E-state index in [2.05, 4.69) is 13.8 Å². The third kappa shape index (κ3) is 3.53. The lowest BCUT2D eigenvalue weighted by Gasteiger charge is -2.43. The van der Waals surface area contributed by atoms with E-state index in [-0.39, 0.29) is 17.6 Å². The van der Waals surface area contributed by atoms with Crippen LogP contribution in [-0.4, -0.2) is 17.6 Å². The van der Waals surface area contributed by atoms with Crippen molar-refractivity contribution < 1.29 is 14.0 Å². The Labute approximate surface area is 197 Å². The number of amides is 2. The first kappa shape index (κ1) is 21.7. The molecule has 1 spiro atoms. The molecule has 4 nitrogen and oxygen atoms in total. The Bertz CT molecular complexity index is 1210. The minimum absolute atomic E-state index is 0.0576. The van der Waals surface area contributed by atoms with Crippen LogP contribution < -0.4 is 9.80 Å². The van der Waals surface area contributed by atoms with Gasteiger partial charge in [-0.05, 0) is 47.4 Å². The van der Waals surface area contributed by atoms with Crippen LogP contribution >= 0.6 is 11.8 Å². The van der Waals surface area contributed by atoms with Crippen molar-refractivity contribution in [1.29, 1.82) is 0 Å². The van der Waals surface area contributed by atoms with E-state index in [1.54, 1.807) is 21.9 Å². The molecule has 1 saturated heterocycles. The second-order valence-electron chi connectivity index (χ2n) is 8.75. The zero-order chi connectivity index (χ0) is 23.2. The Morgan fingerprint density at radius 3 is 2.36 bits per heavy atom. The molecular weight excluding hydrogens is 435 g/mol. The Balaban J connectivity index is 1.62. The van der Waals surface area contributed by atoms with Gasteiger partial charge in [0.1, 0.15) is 5.82 Å². The van der Waals surface area contributed by atoms with E-state index in [0.717, 1.165) is 22.5 Å². The Hall–Kier alpha value is -3.12. The zero-order valence-electron chi connectivity index (χ0n) is 18.6. The van der Waals surface area contributed by atoms with Crippen molar-refractivity contribution in [2.24, 2.45) is 0 Å². The van der Waals surface area contributed by atoms with Crippen molar-refractivity contribution in [2.75, 3.05) is 15.6 Å².